The summed E-state index contributed by atoms with van der Waals surface area (Å²) < 4.78 is 0. The highest BCUT2D eigenvalue weighted by Gasteiger charge is 2.15. The molecule has 2 N–H and O–H groups in total. The van der Waals surface area contributed by atoms with Gasteiger partial charge in [0.15, 0.2) is 0 Å². The van der Waals surface area contributed by atoms with Crippen molar-refractivity contribution < 1.29 is 9.59 Å². The van der Waals surface area contributed by atoms with Crippen molar-refractivity contribution in [2.45, 2.75) is 13.5 Å². The number of rotatable bonds is 6. The van der Waals surface area contributed by atoms with Crippen molar-refractivity contribution in [1.29, 1.82) is 0 Å². The molecule has 146 valence electrons. The van der Waals surface area contributed by atoms with E-state index in [1.165, 1.54) is 0 Å². The zero-order chi connectivity index (χ0) is 20.6. The third-order valence-electron chi connectivity index (χ3n) is 4.31. The smallest absolute Gasteiger partial charge is 0.268 e. The molecule has 2 amide bonds. The van der Waals surface area contributed by atoms with Crippen LogP contribution in [0.25, 0.3) is 6.08 Å². The lowest BCUT2D eigenvalue weighted by atomic mass is 10.1. The maximum Gasteiger partial charge on any atom is 0.268 e. The van der Waals surface area contributed by atoms with Crippen molar-refractivity contribution in [3.05, 3.63) is 112 Å². The van der Waals surface area contributed by atoms with Gasteiger partial charge in [-0.2, -0.15) is 0 Å². The zero-order valence-electron chi connectivity index (χ0n) is 16.0. The van der Waals surface area contributed by atoms with Gasteiger partial charge < -0.3 is 10.6 Å². The van der Waals surface area contributed by atoms with Crippen molar-refractivity contribution >= 4 is 29.5 Å². The fraction of sp³-hybridized carbons (Fsp3) is 0.0833. The van der Waals surface area contributed by atoms with Crippen molar-refractivity contribution in [3.63, 3.8) is 0 Å². The van der Waals surface area contributed by atoms with Gasteiger partial charge in [0, 0.05) is 17.1 Å². The molecule has 29 heavy (non-hydrogen) atoms. The Morgan fingerprint density at radius 3 is 2.24 bits per heavy atom. The Hall–Kier alpha value is -3.37. The normalized spacial score (nSPS) is 11.0. The topological polar surface area (TPSA) is 58.2 Å². The Morgan fingerprint density at radius 2 is 1.55 bits per heavy atom. The number of hydrogen-bond acceptors (Lipinski definition) is 2. The molecule has 0 atom stereocenters. The molecular formula is C24H21ClN2O2. The molecule has 0 aliphatic rings. The van der Waals surface area contributed by atoms with Gasteiger partial charge >= 0.3 is 0 Å². The van der Waals surface area contributed by atoms with E-state index in [4.69, 9.17) is 11.6 Å². The van der Waals surface area contributed by atoms with Crippen molar-refractivity contribution in [1.82, 2.24) is 10.6 Å². The Kier molecular flexibility index (Phi) is 6.82. The van der Waals surface area contributed by atoms with E-state index in [0.29, 0.717) is 22.7 Å². The average Bonchev–Trinajstić information content (AvgIpc) is 2.74. The van der Waals surface area contributed by atoms with E-state index in [2.05, 4.69) is 10.6 Å². The quantitative estimate of drug-likeness (QED) is 0.583. The lowest BCUT2D eigenvalue weighted by Gasteiger charge is -2.12. The van der Waals surface area contributed by atoms with E-state index in [1.807, 2.05) is 55.5 Å². The summed E-state index contributed by atoms with van der Waals surface area (Å²) >= 11 is 6.23. The number of aryl methyl sites for hydroxylation is 1. The van der Waals surface area contributed by atoms with Crippen LogP contribution in [0.3, 0.4) is 0 Å². The minimum atomic E-state index is -0.394. The molecule has 0 aliphatic carbocycles. The average molecular weight is 405 g/mol. The van der Waals surface area contributed by atoms with Crippen LogP contribution in [0, 0.1) is 6.92 Å². The number of benzene rings is 3. The molecular weight excluding hydrogens is 384 g/mol. The fourth-order valence-electron chi connectivity index (χ4n) is 2.68. The molecule has 0 aromatic heterocycles. The fourth-order valence-corrected chi connectivity index (χ4v) is 2.87. The summed E-state index contributed by atoms with van der Waals surface area (Å²) in [7, 11) is 0. The first-order chi connectivity index (χ1) is 14.0. The Bertz CT molecular complexity index is 1030. The SMILES string of the molecule is Cc1ccc(C(=O)NC(=Cc2ccccc2Cl)C(=O)NCc2ccccc2)cc1. The van der Waals surface area contributed by atoms with E-state index in [9.17, 15) is 9.59 Å². The lowest BCUT2D eigenvalue weighted by molar-refractivity contribution is -0.117. The molecule has 0 saturated carbocycles. The van der Waals surface area contributed by atoms with E-state index in [1.54, 1.807) is 36.4 Å². The highest BCUT2D eigenvalue weighted by Crippen LogP contribution is 2.18. The Balaban J connectivity index is 1.83. The van der Waals surface area contributed by atoms with Crippen LogP contribution in [-0.4, -0.2) is 11.8 Å². The summed E-state index contributed by atoms with van der Waals surface area (Å²) in [4.78, 5) is 25.5. The summed E-state index contributed by atoms with van der Waals surface area (Å²) in [5.41, 5.74) is 3.25. The van der Waals surface area contributed by atoms with Crippen LogP contribution in [0.15, 0.2) is 84.6 Å². The molecule has 4 nitrogen and oxygen atoms in total. The third kappa shape index (κ3) is 5.80. The highest BCUT2D eigenvalue weighted by molar-refractivity contribution is 6.32. The van der Waals surface area contributed by atoms with Gasteiger partial charge in [0.05, 0.1) is 0 Å². The molecule has 3 aromatic rings. The standard InChI is InChI=1S/C24H21ClN2O2/c1-17-11-13-19(14-12-17)23(28)27-22(15-20-9-5-6-10-21(20)25)24(29)26-16-18-7-3-2-4-8-18/h2-15H,16H2,1H3,(H,26,29)(H,27,28). The summed E-state index contributed by atoms with van der Waals surface area (Å²) in [6.07, 6.45) is 1.58. The third-order valence-corrected chi connectivity index (χ3v) is 4.65. The molecule has 3 rings (SSSR count). The molecule has 0 bridgehead atoms. The van der Waals surface area contributed by atoms with Gasteiger partial charge in [-0.1, -0.05) is 77.8 Å². The van der Waals surface area contributed by atoms with Crippen molar-refractivity contribution in [2.24, 2.45) is 0 Å². The Morgan fingerprint density at radius 1 is 0.897 bits per heavy atom. The Labute approximate surface area is 175 Å². The summed E-state index contributed by atoms with van der Waals surface area (Å²) in [6.45, 7) is 2.29. The van der Waals surface area contributed by atoms with Gasteiger partial charge in [-0.3, -0.25) is 9.59 Å². The van der Waals surface area contributed by atoms with Crippen LogP contribution in [-0.2, 0) is 11.3 Å². The number of carbonyl (C=O) groups is 2. The lowest BCUT2D eigenvalue weighted by Crippen LogP contribution is -2.34. The number of nitrogens with one attached hydrogen (secondary N) is 2. The van der Waals surface area contributed by atoms with E-state index < -0.39 is 5.91 Å². The number of hydrogen-bond donors (Lipinski definition) is 2. The van der Waals surface area contributed by atoms with Crippen molar-refractivity contribution in [3.8, 4) is 0 Å². The first-order valence-electron chi connectivity index (χ1n) is 9.19. The summed E-state index contributed by atoms with van der Waals surface area (Å²) in [6, 6.07) is 23.8. The van der Waals surface area contributed by atoms with Gasteiger partial charge in [0.2, 0.25) is 0 Å². The van der Waals surface area contributed by atoms with Crippen LogP contribution in [0.4, 0.5) is 0 Å². The second-order valence-electron chi connectivity index (χ2n) is 6.57. The molecule has 0 heterocycles. The molecule has 0 radical (unpaired) electrons. The monoisotopic (exact) mass is 404 g/mol. The molecule has 0 unspecified atom stereocenters. The molecule has 0 aliphatic heterocycles. The van der Waals surface area contributed by atoms with Crippen molar-refractivity contribution in [2.75, 3.05) is 0 Å². The van der Waals surface area contributed by atoms with Crippen LogP contribution in [0.5, 0.6) is 0 Å². The van der Waals surface area contributed by atoms with Crippen LogP contribution >= 0.6 is 11.6 Å². The number of carbonyl (C=O) groups excluding carboxylic acids is 2. The predicted octanol–water partition coefficient (Wildman–Crippen LogP) is 4.74. The molecule has 0 fully saturated rings. The first-order valence-corrected chi connectivity index (χ1v) is 9.57. The number of halogens is 1. The summed E-state index contributed by atoms with van der Waals surface area (Å²) in [5, 5.41) is 6.05. The second kappa shape index (κ2) is 9.71. The minimum absolute atomic E-state index is 0.125. The minimum Gasteiger partial charge on any atom is -0.347 e. The largest absolute Gasteiger partial charge is 0.347 e. The van der Waals surface area contributed by atoms with Gasteiger partial charge in [0.1, 0.15) is 5.70 Å². The van der Waals surface area contributed by atoms with Gasteiger partial charge in [0.25, 0.3) is 11.8 Å². The molecule has 3 aromatic carbocycles. The number of amides is 2. The zero-order valence-corrected chi connectivity index (χ0v) is 16.7. The van der Waals surface area contributed by atoms with E-state index >= 15 is 0 Å². The predicted molar refractivity (Wildman–Crippen MR) is 116 cm³/mol. The van der Waals surface area contributed by atoms with E-state index in [0.717, 1.165) is 11.1 Å². The maximum absolute atomic E-state index is 12.8. The van der Waals surface area contributed by atoms with Crippen LogP contribution < -0.4 is 10.6 Å². The second-order valence-corrected chi connectivity index (χ2v) is 6.98. The van der Waals surface area contributed by atoms with Gasteiger partial charge in [-0.25, -0.2) is 0 Å². The van der Waals surface area contributed by atoms with Gasteiger partial charge in [-0.15, -0.1) is 0 Å². The van der Waals surface area contributed by atoms with Crippen LogP contribution in [0.1, 0.15) is 27.0 Å². The first kappa shape index (κ1) is 20.4. The molecule has 0 saturated heterocycles. The maximum atomic E-state index is 12.8. The van der Waals surface area contributed by atoms with Gasteiger partial charge in [-0.05, 0) is 42.3 Å². The molecule has 5 heteroatoms. The summed E-state index contributed by atoms with van der Waals surface area (Å²) in [5.74, 6) is -0.757. The van der Waals surface area contributed by atoms with Crippen LogP contribution in [0.2, 0.25) is 5.02 Å². The highest BCUT2D eigenvalue weighted by atomic mass is 35.5. The van der Waals surface area contributed by atoms with E-state index in [-0.39, 0.29) is 11.6 Å². The molecule has 0 spiro atoms.